The number of nitrogens with zero attached hydrogens (tertiary/aromatic N) is 2. The van der Waals surface area contributed by atoms with Crippen LogP contribution < -0.4 is 11.1 Å². The summed E-state index contributed by atoms with van der Waals surface area (Å²) in [6, 6.07) is 0. The summed E-state index contributed by atoms with van der Waals surface area (Å²) in [5, 5.41) is 6.25. The van der Waals surface area contributed by atoms with Gasteiger partial charge in [0.25, 0.3) is 5.91 Å². The maximum absolute atomic E-state index is 11.5. The monoisotopic (exact) mass is 228 g/mol. The van der Waals surface area contributed by atoms with E-state index in [1.165, 1.54) is 0 Å². The minimum absolute atomic E-state index is 0.164. The van der Waals surface area contributed by atoms with Crippen LogP contribution in [0.5, 0.6) is 0 Å². The molecule has 0 fully saturated rings. The summed E-state index contributed by atoms with van der Waals surface area (Å²) in [4.78, 5) is 22.4. The van der Waals surface area contributed by atoms with Gasteiger partial charge >= 0.3 is 0 Å². The molecule has 1 heterocycles. The van der Waals surface area contributed by atoms with E-state index in [1.54, 1.807) is 0 Å². The van der Waals surface area contributed by atoms with Crippen molar-refractivity contribution >= 4 is 23.3 Å². The highest BCUT2D eigenvalue weighted by molar-refractivity contribution is 7.08. The molecule has 0 unspecified atom stereocenters. The van der Waals surface area contributed by atoms with Crippen molar-refractivity contribution in [3.63, 3.8) is 0 Å². The molecule has 0 atom stereocenters. The van der Waals surface area contributed by atoms with E-state index in [0.717, 1.165) is 18.0 Å². The highest BCUT2D eigenvalue weighted by Crippen LogP contribution is 2.11. The predicted molar refractivity (Wildman–Crippen MR) is 55.4 cm³/mol. The number of nitrogens with two attached hydrogens (primary N) is 1. The van der Waals surface area contributed by atoms with Crippen LogP contribution in [0.25, 0.3) is 0 Å². The first-order valence-corrected chi connectivity index (χ1v) is 5.30. The van der Waals surface area contributed by atoms with Gasteiger partial charge in [-0.2, -0.15) is 0 Å². The van der Waals surface area contributed by atoms with Crippen LogP contribution in [0.3, 0.4) is 0 Å². The topological polar surface area (TPSA) is 98.0 Å². The SMILES string of the molecule is CCCc1nnsc1C(=O)NCC(N)=O. The van der Waals surface area contributed by atoms with E-state index in [1.807, 2.05) is 6.92 Å². The van der Waals surface area contributed by atoms with Crippen LogP contribution in [0.1, 0.15) is 28.7 Å². The molecule has 82 valence electrons. The van der Waals surface area contributed by atoms with Crippen LogP contribution in [0.2, 0.25) is 0 Å². The van der Waals surface area contributed by atoms with Crippen molar-refractivity contribution in [3.05, 3.63) is 10.6 Å². The van der Waals surface area contributed by atoms with E-state index in [2.05, 4.69) is 14.9 Å². The van der Waals surface area contributed by atoms with Crippen molar-refractivity contribution in [1.29, 1.82) is 0 Å². The number of hydrogen-bond donors (Lipinski definition) is 2. The van der Waals surface area contributed by atoms with Crippen molar-refractivity contribution in [3.8, 4) is 0 Å². The number of rotatable bonds is 5. The molecule has 0 radical (unpaired) electrons. The van der Waals surface area contributed by atoms with Gasteiger partial charge in [0.2, 0.25) is 5.91 Å². The van der Waals surface area contributed by atoms with Crippen LogP contribution >= 0.6 is 11.5 Å². The molecule has 0 saturated carbocycles. The second kappa shape index (κ2) is 5.40. The van der Waals surface area contributed by atoms with Gasteiger partial charge in [0, 0.05) is 0 Å². The fraction of sp³-hybridized carbons (Fsp3) is 0.500. The Morgan fingerprint density at radius 3 is 2.87 bits per heavy atom. The zero-order chi connectivity index (χ0) is 11.3. The maximum atomic E-state index is 11.5. The Bertz CT molecular complexity index is 363. The van der Waals surface area contributed by atoms with Crippen LogP contribution in [0.15, 0.2) is 0 Å². The highest BCUT2D eigenvalue weighted by Gasteiger charge is 2.15. The number of primary amides is 1. The van der Waals surface area contributed by atoms with Gasteiger partial charge in [-0.3, -0.25) is 9.59 Å². The zero-order valence-corrected chi connectivity index (χ0v) is 9.13. The molecular formula is C8H12N4O2S. The van der Waals surface area contributed by atoms with E-state index < -0.39 is 5.91 Å². The third-order valence-corrected chi connectivity index (χ3v) is 2.44. The van der Waals surface area contributed by atoms with Gasteiger partial charge in [-0.25, -0.2) is 0 Å². The molecule has 1 aromatic rings. The second-order valence-corrected chi connectivity index (χ2v) is 3.70. The molecule has 0 aliphatic rings. The molecule has 7 heteroatoms. The van der Waals surface area contributed by atoms with E-state index in [4.69, 9.17) is 5.73 Å². The van der Waals surface area contributed by atoms with Crippen LogP contribution in [-0.2, 0) is 11.2 Å². The van der Waals surface area contributed by atoms with Gasteiger partial charge in [-0.1, -0.05) is 17.8 Å². The quantitative estimate of drug-likeness (QED) is 0.723. The fourth-order valence-corrected chi connectivity index (χ4v) is 1.65. The lowest BCUT2D eigenvalue weighted by atomic mass is 10.2. The molecule has 2 amide bonds. The largest absolute Gasteiger partial charge is 0.368 e. The lowest BCUT2D eigenvalue weighted by Crippen LogP contribution is -2.33. The van der Waals surface area contributed by atoms with Gasteiger partial charge in [-0.15, -0.1) is 5.10 Å². The summed E-state index contributed by atoms with van der Waals surface area (Å²) in [6.07, 6.45) is 1.59. The Kier molecular flexibility index (Phi) is 4.17. The van der Waals surface area contributed by atoms with E-state index in [9.17, 15) is 9.59 Å². The van der Waals surface area contributed by atoms with Crippen molar-refractivity contribution in [2.24, 2.45) is 5.73 Å². The summed E-state index contributed by atoms with van der Waals surface area (Å²) >= 11 is 1.02. The Morgan fingerprint density at radius 1 is 1.53 bits per heavy atom. The van der Waals surface area contributed by atoms with Gasteiger partial charge in [-0.05, 0) is 18.0 Å². The summed E-state index contributed by atoms with van der Waals surface area (Å²) in [7, 11) is 0. The third-order valence-electron chi connectivity index (χ3n) is 1.67. The predicted octanol–water partition coefficient (Wildman–Crippen LogP) is -0.294. The first-order chi connectivity index (χ1) is 7.15. The van der Waals surface area contributed by atoms with Crippen LogP contribution in [0, 0.1) is 0 Å². The minimum Gasteiger partial charge on any atom is -0.368 e. The Morgan fingerprint density at radius 2 is 2.27 bits per heavy atom. The summed E-state index contributed by atoms with van der Waals surface area (Å²) in [6.45, 7) is 1.83. The molecular weight excluding hydrogens is 216 g/mol. The number of hydrogen-bond acceptors (Lipinski definition) is 5. The summed E-state index contributed by atoms with van der Waals surface area (Å²) in [5.74, 6) is -0.912. The number of aromatic nitrogens is 2. The van der Waals surface area contributed by atoms with Gasteiger partial charge in [0.1, 0.15) is 4.88 Å². The van der Waals surface area contributed by atoms with Crippen molar-refractivity contribution in [1.82, 2.24) is 14.9 Å². The lowest BCUT2D eigenvalue weighted by molar-refractivity contribution is -0.117. The molecule has 15 heavy (non-hydrogen) atoms. The average molecular weight is 228 g/mol. The van der Waals surface area contributed by atoms with Crippen molar-refractivity contribution in [2.45, 2.75) is 19.8 Å². The Balaban J connectivity index is 2.64. The Labute approximate surface area is 91.0 Å². The first-order valence-electron chi connectivity index (χ1n) is 4.52. The first kappa shape index (κ1) is 11.6. The van der Waals surface area contributed by atoms with E-state index in [-0.39, 0.29) is 12.5 Å². The molecule has 0 aromatic carbocycles. The molecule has 3 N–H and O–H groups in total. The average Bonchev–Trinajstić information content (AvgIpc) is 2.63. The van der Waals surface area contributed by atoms with Crippen LogP contribution in [-0.4, -0.2) is 27.9 Å². The fourth-order valence-electron chi connectivity index (χ4n) is 1.03. The number of nitrogens with one attached hydrogen (secondary N) is 1. The van der Waals surface area contributed by atoms with Crippen molar-refractivity contribution < 1.29 is 9.59 Å². The van der Waals surface area contributed by atoms with Crippen molar-refractivity contribution in [2.75, 3.05) is 6.54 Å². The lowest BCUT2D eigenvalue weighted by Gasteiger charge is -2.00. The molecule has 0 saturated heterocycles. The summed E-state index contributed by atoms with van der Waals surface area (Å²) < 4.78 is 3.70. The molecule has 0 bridgehead atoms. The normalized spacial score (nSPS) is 9.93. The number of aryl methyl sites for hydroxylation is 1. The summed E-state index contributed by atoms with van der Waals surface area (Å²) in [5.41, 5.74) is 5.58. The van der Waals surface area contributed by atoms with Gasteiger partial charge in [0.05, 0.1) is 12.2 Å². The number of amides is 2. The zero-order valence-electron chi connectivity index (χ0n) is 8.32. The maximum Gasteiger partial charge on any atom is 0.265 e. The second-order valence-electron chi connectivity index (χ2n) is 2.95. The highest BCUT2D eigenvalue weighted by atomic mass is 32.1. The molecule has 1 aromatic heterocycles. The standard InChI is InChI=1S/C8H12N4O2S/c1-2-3-5-7(15-12-11-5)8(14)10-4-6(9)13/h2-4H2,1H3,(H2,9,13)(H,10,14). The minimum atomic E-state index is -0.571. The Hall–Kier alpha value is -1.50. The number of carbonyl (C=O) groups is 2. The number of carbonyl (C=O) groups excluding carboxylic acids is 2. The van der Waals surface area contributed by atoms with Crippen LogP contribution in [0.4, 0.5) is 0 Å². The van der Waals surface area contributed by atoms with E-state index in [0.29, 0.717) is 17.0 Å². The van der Waals surface area contributed by atoms with E-state index >= 15 is 0 Å². The smallest absolute Gasteiger partial charge is 0.265 e. The molecule has 6 nitrogen and oxygen atoms in total. The molecule has 0 spiro atoms. The third kappa shape index (κ3) is 3.28. The van der Waals surface area contributed by atoms with Gasteiger partial charge in [0.15, 0.2) is 0 Å². The molecule has 1 rings (SSSR count). The van der Waals surface area contributed by atoms with Gasteiger partial charge < -0.3 is 11.1 Å². The molecule has 0 aliphatic heterocycles. The molecule has 0 aliphatic carbocycles.